The quantitative estimate of drug-likeness (QED) is 0.189. The Morgan fingerprint density at radius 2 is 1.07 bits per heavy atom. The fraction of sp³-hybridized carbons (Fsp3) is 0.692. The molecule has 4 saturated heterocycles. The zero-order valence-electron chi connectivity index (χ0n) is 30.2. The van der Waals surface area contributed by atoms with Gasteiger partial charge in [-0.25, -0.2) is 0 Å². The van der Waals surface area contributed by atoms with Gasteiger partial charge in [0.05, 0.1) is 10.0 Å². The summed E-state index contributed by atoms with van der Waals surface area (Å²) < 4.78 is 0. The highest BCUT2D eigenvalue weighted by Crippen LogP contribution is 2.32. The number of likely N-dealkylation sites (N-methyl/N-ethyl adjacent to an activating group) is 2. The van der Waals surface area contributed by atoms with Crippen molar-refractivity contribution in [2.45, 2.75) is 85.1 Å². The monoisotopic (exact) mass is 673 g/mol. The molecule has 0 N–H and O–H groups in total. The van der Waals surface area contributed by atoms with E-state index in [1.807, 2.05) is 26.0 Å². The van der Waals surface area contributed by atoms with Crippen LogP contribution in [0.3, 0.4) is 0 Å². The summed E-state index contributed by atoms with van der Waals surface area (Å²) in [6, 6.07) is 13.9. The molecule has 4 aliphatic heterocycles. The Morgan fingerprint density at radius 3 is 1.48 bits per heavy atom. The highest BCUT2D eigenvalue weighted by molar-refractivity contribution is 6.42. The maximum absolute atomic E-state index is 6.03. The minimum Gasteiger partial charge on any atom is -0.306 e. The third kappa shape index (κ3) is 15.8. The topological polar surface area (TPSA) is 16.0 Å². The lowest BCUT2D eigenvalue weighted by Crippen LogP contribution is -2.27. The summed E-state index contributed by atoms with van der Waals surface area (Å²) in [5, 5.41) is 1.29. The summed E-state index contributed by atoms with van der Waals surface area (Å²) >= 11 is 12.0. The van der Waals surface area contributed by atoms with Crippen LogP contribution in [-0.4, -0.2) is 123 Å². The number of hydrogen-bond acceptors (Lipinski definition) is 5. The maximum Gasteiger partial charge on any atom is 0.0595 e. The van der Waals surface area contributed by atoms with Gasteiger partial charge in [0, 0.05) is 32.2 Å². The van der Waals surface area contributed by atoms with Crippen LogP contribution in [-0.2, 0) is 12.8 Å². The third-order valence-corrected chi connectivity index (χ3v) is 10.4. The van der Waals surface area contributed by atoms with Gasteiger partial charge >= 0.3 is 0 Å². The van der Waals surface area contributed by atoms with E-state index in [0.717, 1.165) is 25.6 Å². The molecule has 0 saturated carbocycles. The summed E-state index contributed by atoms with van der Waals surface area (Å²) in [5.74, 6) is 0. The van der Waals surface area contributed by atoms with Crippen LogP contribution >= 0.6 is 23.2 Å². The molecular formula is C39H65Cl2N5. The Morgan fingerprint density at radius 1 is 0.630 bits per heavy atom. The van der Waals surface area contributed by atoms with Crippen LogP contribution in [0.15, 0.2) is 36.4 Å². The van der Waals surface area contributed by atoms with Crippen molar-refractivity contribution in [3.8, 4) is 0 Å². The summed E-state index contributed by atoms with van der Waals surface area (Å²) in [6.07, 6.45) is 10.3. The minimum atomic E-state index is 0.634. The van der Waals surface area contributed by atoms with Gasteiger partial charge in [0.25, 0.3) is 0 Å². The summed E-state index contributed by atoms with van der Waals surface area (Å²) in [6.45, 7) is 23.6. The molecule has 6 rings (SSSR count). The maximum atomic E-state index is 6.03. The molecule has 0 aliphatic carbocycles. The molecule has 0 aromatic heterocycles. The molecule has 0 spiro atoms. The van der Waals surface area contributed by atoms with Crippen LogP contribution in [0.4, 0.5) is 0 Å². The smallest absolute Gasteiger partial charge is 0.0595 e. The Labute approximate surface area is 293 Å². The number of rotatable bonds is 14. The lowest BCUT2D eigenvalue weighted by molar-refractivity contribution is 0.281. The van der Waals surface area contributed by atoms with Crippen molar-refractivity contribution >= 4 is 23.2 Å². The lowest BCUT2D eigenvalue weighted by atomic mass is 10.0. The van der Waals surface area contributed by atoms with Gasteiger partial charge in [-0.1, -0.05) is 61.3 Å². The van der Waals surface area contributed by atoms with Crippen LogP contribution in [0.1, 0.15) is 74.6 Å². The van der Waals surface area contributed by atoms with E-state index in [9.17, 15) is 0 Å². The van der Waals surface area contributed by atoms with Crippen LogP contribution in [0.25, 0.3) is 0 Å². The zero-order chi connectivity index (χ0) is 33.3. The first-order chi connectivity index (χ1) is 22.3. The molecule has 5 nitrogen and oxygen atoms in total. The van der Waals surface area contributed by atoms with Crippen LogP contribution in [0.2, 0.25) is 10.0 Å². The van der Waals surface area contributed by atoms with E-state index in [-0.39, 0.29) is 0 Å². The number of nitrogens with zero attached hydrogens (tertiary/aromatic N) is 5. The Hall–Kier alpha value is -1.18. The Bertz CT molecular complexity index is 1020. The fourth-order valence-corrected chi connectivity index (χ4v) is 6.37. The predicted molar refractivity (Wildman–Crippen MR) is 202 cm³/mol. The second-order valence-corrected chi connectivity index (χ2v) is 14.5. The standard InChI is InChI=1S/C18H30N2.C16H24Cl2N2.C3H5N.C2H6/c1-16-7-8-18(15-17(16)2)9-14-19(3)10-6-13-20-11-4-5-12-20;1-19(8-4-11-20-9-2-3-10-20)12-7-14-5-6-15(17)16(18)13-14;1-3-2-4(1)3;1-2/h7-8,15H,4-6,9-14H2,1-3H3;5-6,13H,2-4,7-12H2,1H3;3H,1-2H2;1-2H3. The van der Waals surface area contributed by atoms with Crippen molar-refractivity contribution in [1.82, 2.24) is 24.5 Å². The van der Waals surface area contributed by atoms with Gasteiger partial charge in [-0.2, -0.15) is 0 Å². The van der Waals surface area contributed by atoms with E-state index < -0.39 is 0 Å². The molecule has 0 atom stereocenters. The highest BCUT2D eigenvalue weighted by atomic mass is 35.5. The van der Waals surface area contributed by atoms with Gasteiger partial charge in [-0.15, -0.1) is 0 Å². The van der Waals surface area contributed by atoms with Gasteiger partial charge in [-0.05, 0) is 166 Å². The first-order valence-electron chi connectivity index (χ1n) is 18.3. The van der Waals surface area contributed by atoms with Crippen molar-refractivity contribution in [2.24, 2.45) is 0 Å². The average molecular weight is 675 g/mol. The minimum absolute atomic E-state index is 0.634. The molecule has 0 radical (unpaired) electrons. The van der Waals surface area contributed by atoms with E-state index in [1.54, 1.807) is 0 Å². The van der Waals surface area contributed by atoms with Crippen LogP contribution in [0.5, 0.6) is 0 Å². The lowest BCUT2D eigenvalue weighted by Gasteiger charge is -2.19. The molecule has 4 heterocycles. The van der Waals surface area contributed by atoms with Crippen molar-refractivity contribution in [3.63, 3.8) is 0 Å². The second kappa shape index (κ2) is 21.7. The van der Waals surface area contributed by atoms with Crippen molar-refractivity contribution in [2.75, 3.05) is 92.6 Å². The van der Waals surface area contributed by atoms with E-state index in [1.165, 1.54) is 133 Å². The first-order valence-corrected chi connectivity index (χ1v) is 19.1. The predicted octanol–water partition coefficient (Wildman–Crippen LogP) is 7.93. The molecule has 4 fully saturated rings. The van der Waals surface area contributed by atoms with Crippen LogP contribution in [0, 0.1) is 13.8 Å². The number of fused-ring (bicyclic) bond motifs is 1. The number of hydrogen-bond donors (Lipinski definition) is 0. The van der Waals surface area contributed by atoms with E-state index >= 15 is 0 Å². The molecule has 0 unspecified atom stereocenters. The molecule has 0 amide bonds. The summed E-state index contributed by atoms with van der Waals surface area (Å²) in [5.41, 5.74) is 5.54. The summed E-state index contributed by atoms with van der Waals surface area (Å²) in [4.78, 5) is 12.5. The van der Waals surface area contributed by atoms with Crippen LogP contribution < -0.4 is 0 Å². The van der Waals surface area contributed by atoms with Gasteiger partial charge in [-0.3, -0.25) is 4.90 Å². The molecule has 2 aromatic rings. The molecule has 260 valence electrons. The SMILES string of the molecule is C1C2CN12.CC.CN(CCCN1CCCC1)CCc1ccc(Cl)c(Cl)c1.Cc1ccc(CCN(C)CCCN2CCCC2)cc1C. The Kier molecular flexibility index (Phi) is 18.5. The molecule has 7 heteroatoms. The molecule has 4 aliphatic rings. The fourth-order valence-electron chi connectivity index (χ4n) is 6.05. The van der Waals surface area contributed by atoms with Gasteiger partial charge in [0.15, 0.2) is 0 Å². The van der Waals surface area contributed by atoms with Gasteiger partial charge in [0.1, 0.15) is 0 Å². The third-order valence-electron chi connectivity index (χ3n) is 9.69. The zero-order valence-corrected chi connectivity index (χ0v) is 31.7. The first kappa shape index (κ1) is 39.3. The van der Waals surface area contributed by atoms with E-state index in [4.69, 9.17) is 23.2 Å². The second-order valence-electron chi connectivity index (χ2n) is 13.7. The number of likely N-dealkylation sites (tertiary alicyclic amines) is 2. The number of aryl methyl sites for hydroxylation is 2. The molecule has 2 aromatic carbocycles. The van der Waals surface area contributed by atoms with Crippen molar-refractivity contribution in [3.05, 3.63) is 68.7 Å². The molecule has 0 bridgehead atoms. The van der Waals surface area contributed by atoms with Gasteiger partial charge < -0.3 is 19.6 Å². The van der Waals surface area contributed by atoms with E-state index in [2.05, 4.69) is 76.7 Å². The Balaban J connectivity index is 0.000000211. The number of halogens is 2. The molecular weight excluding hydrogens is 609 g/mol. The van der Waals surface area contributed by atoms with Gasteiger partial charge in [0.2, 0.25) is 0 Å². The van der Waals surface area contributed by atoms with Crippen molar-refractivity contribution in [1.29, 1.82) is 0 Å². The largest absolute Gasteiger partial charge is 0.306 e. The molecule has 46 heavy (non-hydrogen) atoms. The van der Waals surface area contributed by atoms with Crippen molar-refractivity contribution < 1.29 is 0 Å². The average Bonchev–Trinajstić information content (AvgIpc) is 3.82. The summed E-state index contributed by atoms with van der Waals surface area (Å²) in [7, 11) is 4.45. The number of benzene rings is 2. The highest BCUT2D eigenvalue weighted by Gasteiger charge is 2.49. The van der Waals surface area contributed by atoms with E-state index in [0.29, 0.717) is 10.0 Å². The normalized spacial score (nSPS) is 20.0.